The molecular formula is C106H62N8O2. The SMILES string of the molecule is N#Cc1ccccc1-c1ccc(-c2ccc3c(c2)C2(c4ccccc4Oc4ccccc42)c2cc(-c4nc(-c5ccccc5)nc(-c5cccc(-c6ccc(-c7nc(-c8ccccc8)nc(-c8ccc(-c9ccc%10c(c9)C9(c%11ccccc%11Oc%11ccccc%119)c9cc(-c%11ccccc%11C#N)ccc9-%10)cc8)n7)cc6)c5)n4)ccc2-3)cc1. The number of hydrogen-bond acceptors (Lipinski definition) is 10. The summed E-state index contributed by atoms with van der Waals surface area (Å²) in [7, 11) is 0. The first kappa shape index (κ1) is 67.1. The van der Waals surface area contributed by atoms with Crippen LogP contribution in [0.5, 0.6) is 23.0 Å². The van der Waals surface area contributed by atoms with Crippen LogP contribution < -0.4 is 9.47 Å². The summed E-state index contributed by atoms with van der Waals surface area (Å²) >= 11 is 0. The Kier molecular flexibility index (Phi) is 15.6. The van der Waals surface area contributed by atoms with E-state index in [1.807, 2.05) is 133 Å². The minimum Gasteiger partial charge on any atom is -0.457 e. The highest BCUT2D eigenvalue weighted by molar-refractivity contribution is 5.95. The number of nitrogens with zero attached hydrogens (tertiary/aromatic N) is 8. The van der Waals surface area contributed by atoms with Crippen molar-refractivity contribution < 1.29 is 9.47 Å². The molecule has 538 valence electrons. The van der Waals surface area contributed by atoms with Gasteiger partial charge in [0.15, 0.2) is 34.9 Å². The minimum atomic E-state index is -0.803. The van der Waals surface area contributed by atoms with Gasteiger partial charge in [0.05, 0.1) is 34.1 Å². The number of rotatable bonds is 11. The molecule has 10 heteroatoms. The second kappa shape index (κ2) is 27.0. The summed E-state index contributed by atoms with van der Waals surface area (Å²) in [5.74, 6) is 6.49. The van der Waals surface area contributed by atoms with Gasteiger partial charge in [-0.3, -0.25) is 0 Å². The predicted octanol–water partition coefficient (Wildman–Crippen LogP) is 25.1. The topological polar surface area (TPSA) is 143 Å². The molecule has 0 fully saturated rings. The lowest BCUT2D eigenvalue weighted by molar-refractivity contribution is 0.436. The van der Waals surface area contributed by atoms with Crippen LogP contribution in [0.15, 0.2) is 376 Å². The Balaban J connectivity index is 0.601. The maximum atomic E-state index is 10.3. The van der Waals surface area contributed by atoms with Gasteiger partial charge in [0, 0.05) is 55.6 Å². The molecule has 22 rings (SSSR count). The van der Waals surface area contributed by atoms with Crippen molar-refractivity contribution in [1.29, 1.82) is 10.5 Å². The molecule has 0 atom stereocenters. The first-order valence-corrected chi connectivity index (χ1v) is 38.7. The third kappa shape index (κ3) is 10.7. The Bertz CT molecular complexity index is 7080. The Morgan fingerprint density at radius 1 is 0.181 bits per heavy atom. The van der Waals surface area contributed by atoms with E-state index in [0.717, 1.165) is 179 Å². The monoisotopic (exact) mass is 1480 g/mol. The van der Waals surface area contributed by atoms with E-state index in [-0.39, 0.29) is 0 Å². The molecule has 0 radical (unpaired) electrons. The predicted molar refractivity (Wildman–Crippen MR) is 457 cm³/mol. The number of ether oxygens (including phenoxy) is 2. The molecule has 18 aromatic rings. The van der Waals surface area contributed by atoms with Crippen LogP contribution in [0.4, 0.5) is 0 Å². The second-order valence-corrected chi connectivity index (χ2v) is 29.7. The van der Waals surface area contributed by atoms with E-state index in [1.54, 1.807) is 0 Å². The van der Waals surface area contributed by atoms with Crippen molar-refractivity contribution in [3.8, 4) is 181 Å². The van der Waals surface area contributed by atoms with Crippen molar-refractivity contribution >= 4 is 0 Å². The molecule has 2 spiro atoms. The van der Waals surface area contributed by atoms with Crippen molar-refractivity contribution in [2.45, 2.75) is 10.8 Å². The standard InChI is InChI=1S/C106H62N8O2/c107-63-79-24-7-9-28-81(79)68-44-38-66(39-45-68)74-50-55-84-86-57-53-78(62-94(86)106(92(84)59-74)89-32-13-17-36-97(89)116-98-37-18-14-33-90(98)106)104-113-100(70-22-5-2-6-23-70)112-103(114-104)77-27-19-26-73(58-77)65-40-46-71(47-41-65)101-109-99(69-20-3-1-4-21-69)110-102(111-101)72-48-42-67(43-49-72)75-51-54-83-85-56-52-76(82-29-10-8-25-80(82)64-108)61-93(85)105(91(83)60-75)87-30-11-15-34-95(87)115-96-35-16-12-31-88(96)105/h1-62H. The zero-order valence-corrected chi connectivity index (χ0v) is 62.2. The van der Waals surface area contributed by atoms with Gasteiger partial charge in [-0.05, 0) is 167 Å². The van der Waals surface area contributed by atoms with Gasteiger partial charge in [-0.15, -0.1) is 0 Å². The first-order valence-electron chi connectivity index (χ1n) is 38.7. The zero-order valence-electron chi connectivity index (χ0n) is 62.2. The summed E-state index contributed by atoms with van der Waals surface area (Å²) in [6.45, 7) is 0. The number of nitriles is 2. The molecule has 4 heterocycles. The van der Waals surface area contributed by atoms with Gasteiger partial charge in [0.1, 0.15) is 23.0 Å². The highest BCUT2D eigenvalue weighted by Gasteiger charge is 2.53. The smallest absolute Gasteiger partial charge is 0.164 e. The molecule has 2 aromatic heterocycles. The van der Waals surface area contributed by atoms with E-state index in [0.29, 0.717) is 46.1 Å². The largest absolute Gasteiger partial charge is 0.457 e. The highest BCUT2D eigenvalue weighted by Crippen LogP contribution is 2.65. The zero-order chi connectivity index (χ0) is 77.0. The quantitative estimate of drug-likeness (QED) is 0.123. The van der Waals surface area contributed by atoms with Crippen LogP contribution >= 0.6 is 0 Å². The third-order valence-electron chi connectivity index (χ3n) is 23.5. The van der Waals surface area contributed by atoms with E-state index < -0.39 is 10.8 Å². The lowest BCUT2D eigenvalue weighted by atomic mass is 9.65. The summed E-state index contributed by atoms with van der Waals surface area (Å²) in [6, 6.07) is 135. The van der Waals surface area contributed by atoms with Gasteiger partial charge in [-0.1, -0.05) is 309 Å². The molecule has 0 amide bonds. The Labute approximate surface area is 669 Å². The normalized spacial score (nSPS) is 12.9. The van der Waals surface area contributed by atoms with Gasteiger partial charge >= 0.3 is 0 Å². The molecule has 16 aromatic carbocycles. The summed E-state index contributed by atoms with van der Waals surface area (Å²) in [5.41, 5.74) is 28.0. The number of fused-ring (bicyclic) bond motifs is 18. The van der Waals surface area contributed by atoms with Crippen LogP contribution in [0.2, 0.25) is 0 Å². The number of aromatic nitrogens is 6. The van der Waals surface area contributed by atoms with E-state index in [4.69, 9.17) is 39.4 Å². The maximum absolute atomic E-state index is 10.3. The van der Waals surface area contributed by atoms with Gasteiger partial charge in [0.25, 0.3) is 0 Å². The molecule has 0 saturated heterocycles. The van der Waals surface area contributed by atoms with Crippen LogP contribution in [-0.4, -0.2) is 29.9 Å². The molecule has 0 unspecified atom stereocenters. The fourth-order valence-electron chi connectivity index (χ4n) is 18.1. The summed E-state index contributed by atoms with van der Waals surface area (Å²) in [6.07, 6.45) is 0. The lowest BCUT2D eigenvalue weighted by Gasteiger charge is -2.39. The Hall–Kier alpha value is -15.9. The second-order valence-electron chi connectivity index (χ2n) is 29.7. The van der Waals surface area contributed by atoms with Gasteiger partial charge in [-0.2, -0.15) is 10.5 Å². The van der Waals surface area contributed by atoms with Crippen LogP contribution in [-0.2, 0) is 10.8 Å². The first-order chi connectivity index (χ1) is 57.3. The van der Waals surface area contributed by atoms with Crippen molar-refractivity contribution in [3.05, 3.63) is 432 Å². The van der Waals surface area contributed by atoms with Crippen LogP contribution in [0, 0.1) is 22.7 Å². The van der Waals surface area contributed by atoms with Crippen LogP contribution in [0.1, 0.15) is 55.6 Å². The summed E-state index contributed by atoms with van der Waals surface area (Å²) < 4.78 is 13.6. The molecular weight excluding hydrogens is 1420 g/mol. The van der Waals surface area contributed by atoms with E-state index in [9.17, 15) is 10.5 Å². The summed E-state index contributed by atoms with van der Waals surface area (Å²) in [4.78, 5) is 31.6. The molecule has 116 heavy (non-hydrogen) atoms. The van der Waals surface area contributed by atoms with Crippen LogP contribution in [0.3, 0.4) is 0 Å². The molecule has 4 aliphatic rings. The third-order valence-corrected chi connectivity index (χ3v) is 23.5. The van der Waals surface area contributed by atoms with Gasteiger partial charge in [-0.25, -0.2) is 29.9 Å². The van der Waals surface area contributed by atoms with E-state index in [1.165, 1.54) is 0 Å². The van der Waals surface area contributed by atoms with Crippen LogP contribution in [0.25, 0.3) is 146 Å². The van der Waals surface area contributed by atoms with Crippen molar-refractivity contribution in [2.24, 2.45) is 0 Å². The molecule has 0 N–H and O–H groups in total. The number of hydrogen-bond donors (Lipinski definition) is 0. The van der Waals surface area contributed by atoms with Gasteiger partial charge < -0.3 is 9.47 Å². The molecule has 10 nitrogen and oxygen atoms in total. The Morgan fingerprint density at radius 2 is 0.431 bits per heavy atom. The van der Waals surface area contributed by atoms with Crippen molar-refractivity contribution in [1.82, 2.24) is 29.9 Å². The maximum Gasteiger partial charge on any atom is 0.164 e. The molecule has 2 aliphatic heterocycles. The lowest BCUT2D eigenvalue weighted by Crippen LogP contribution is -2.32. The van der Waals surface area contributed by atoms with Crippen molar-refractivity contribution in [3.63, 3.8) is 0 Å². The number of benzene rings is 16. The molecule has 0 saturated carbocycles. The fourth-order valence-corrected chi connectivity index (χ4v) is 18.1. The highest BCUT2D eigenvalue weighted by atomic mass is 16.5. The van der Waals surface area contributed by atoms with E-state index in [2.05, 4.69) is 255 Å². The molecule has 2 aliphatic carbocycles. The number of para-hydroxylation sites is 4. The van der Waals surface area contributed by atoms with E-state index >= 15 is 0 Å². The molecule has 0 bridgehead atoms. The average molecular weight is 1480 g/mol. The summed E-state index contributed by atoms with van der Waals surface area (Å²) in [5, 5.41) is 20.3. The fraction of sp³-hybridized carbons (Fsp3) is 0.0189. The van der Waals surface area contributed by atoms with Crippen molar-refractivity contribution in [2.75, 3.05) is 0 Å². The average Bonchev–Trinajstić information content (AvgIpc) is 1.50. The van der Waals surface area contributed by atoms with Gasteiger partial charge in [0.2, 0.25) is 0 Å². The Morgan fingerprint density at radius 3 is 0.828 bits per heavy atom. The minimum absolute atomic E-state index is 0.535.